The highest BCUT2D eigenvalue weighted by atomic mass is 79.9. The number of nitrogens with two attached hydrogens (primary N) is 1. The van der Waals surface area contributed by atoms with Gasteiger partial charge in [-0.15, -0.1) is 0 Å². The van der Waals surface area contributed by atoms with Gasteiger partial charge in [-0.05, 0) is 141 Å². The standard InChI is InChI=1S/C30H24BrClN4O3.C23H19BrClN5O3.C6H7BO2/c1-39-23-10-8-22(9-11-23)35-28-21(15-19-5-3-2-4-6-19)17-33-36(28)27-18-34(14-13-24(27)30(35)38)29(37)20-7-12-25(31)26(32)16-20;1-33-15-5-3-14(4-6-15)29-21-19(26)11-27-30(21)20-12-28(9-8-16(20)23(29)32)22(31)13-2-7-17(24)18(25)10-13;8-7(9)6-4-2-1-3-5-6/h2-12,16-17H,13-15,18H2,1H3;2-7,10-11H,8-9,12,26H2,1H3;1-5,8-9H. The summed E-state index contributed by atoms with van der Waals surface area (Å²) in [7, 11) is 1.86. The van der Waals surface area contributed by atoms with E-state index in [1.807, 2.05) is 59.2 Å². The quantitative estimate of drug-likeness (QED) is 0.117. The number of ether oxygens (including phenoxy) is 2. The van der Waals surface area contributed by atoms with E-state index in [0.29, 0.717) is 110 Å². The summed E-state index contributed by atoms with van der Waals surface area (Å²) in [5.41, 5.74) is 15.0. The van der Waals surface area contributed by atoms with Crippen LogP contribution in [-0.4, -0.2) is 94.5 Å². The molecule has 0 atom stereocenters. The van der Waals surface area contributed by atoms with Gasteiger partial charge in [0.2, 0.25) is 0 Å². The number of aromatic nitrogens is 6. The topological polar surface area (TPSA) is 204 Å². The van der Waals surface area contributed by atoms with Crippen LogP contribution in [-0.2, 0) is 32.4 Å². The fourth-order valence-corrected chi connectivity index (χ4v) is 10.7. The zero-order valence-corrected chi connectivity index (χ0v) is 48.2. The summed E-state index contributed by atoms with van der Waals surface area (Å²) in [5.74, 6) is 1.09. The van der Waals surface area contributed by atoms with Gasteiger partial charge >= 0.3 is 7.12 Å². The molecule has 12 rings (SSSR count). The second kappa shape index (κ2) is 24.4. The zero-order chi connectivity index (χ0) is 57.1. The van der Waals surface area contributed by atoms with Crippen molar-refractivity contribution < 1.29 is 29.1 Å². The number of fused-ring (bicyclic) bond motifs is 6. The average Bonchev–Trinajstić information content (AvgIpc) is 3.40. The normalized spacial score (nSPS) is 12.6. The second-order valence-electron chi connectivity index (χ2n) is 18.9. The predicted octanol–water partition coefficient (Wildman–Crippen LogP) is 8.76. The smallest absolute Gasteiger partial charge is 0.488 e. The van der Waals surface area contributed by atoms with Crippen molar-refractivity contribution in [3.8, 4) is 22.9 Å². The number of hydrogen-bond acceptors (Lipinski definition) is 11. The van der Waals surface area contributed by atoms with Crippen LogP contribution in [0.25, 0.3) is 22.7 Å². The van der Waals surface area contributed by atoms with Crippen LogP contribution >= 0.6 is 55.1 Å². The van der Waals surface area contributed by atoms with Crippen LogP contribution in [0.15, 0.2) is 177 Å². The Hall–Kier alpha value is -7.98. The maximum Gasteiger partial charge on any atom is 0.488 e. The summed E-state index contributed by atoms with van der Waals surface area (Å²) in [6, 6.07) is 43.6. The zero-order valence-electron chi connectivity index (χ0n) is 43.5. The Morgan fingerprint density at radius 3 is 1.51 bits per heavy atom. The molecule has 0 spiro atoms. The minimum Gasteiger partial charge on any atom is -0.497 e. The average molecular weight is 1250 g/mol. The number of carbonyl (C=O) groups is 2. The Morgan fingerprint density at radius 1 is 0.617 bits per heavy atom. The number of anilines is 1. The summed E-state index contributed by atoms with van der Waals surface area (Å²) in [6.45, 7) is 1.32. The molecule has 410 valence electrons. The van der Waals surface area contributed by atoms with E-state index in [1.54, 1.807) is 123 Å². The lowest BCUT2D eigenvalue weighted by molar-refractivity contribution is 0.0722. The van der Waals surface area contributed by atoms with E-state index in [0.717, 1.165) is 31.5 Å². The van der Waals surface area contributed by atoms with E-state index in [2.05, 4.69) is 49.1 Å². The summed E-state index contributed by atoms with van der Waals surface area (Å²) in [6.07, 6.45) is 4.76. The number of nitrogens with zero attached hydrogens (tertiary/aromatic N) is 8. The van der Waals surface area contributed by atoms with Crippen molar-refractivity contribution in [1.82, 2.24) is 38.2 Å². The van der Waals surface area contributed by atoms with E-state index in [-0.39, 0.29) is 36.0 Å². The molecule has 6 heterocycles. The number of amides is 2. The van der Waals surface area contributed by atoms with E-state index in [9.17, 15) is 19.2 Å². The fourth-order valence-electron chi connectivity index (χ4n) is 9.87. The molecule has 6 aromatic carbocycles. The molecule has 2 aliphatic heterocycles. The molecule has 0 bridgehead atoms. The Morgan fingerprint density at radius 2 is 1.06 bits per heavy atom. The number of carbonyl (C=O) groups excluding carboxylic acids is 2. The minimum absolute atomic E-state index is 0.101. The van der Waals surface area contributed by atoms with Crippen molar-refractivity contribution in [3.05, 3.63) is 242 Å². The molecule has 0 aliphatic carbocycles. The first-order chi connectivity index (χ1) is 39.1. The highest BCUT2D eigenvalue weighted by Gasteiger charge is 2.31. The summed E-state index contributed by atoms with van der Waals surface area (Å²) in [4.78, 5) is 57.7. The van der Waals surface area contributed by atoms with E-state index < -0.39 is 7.12 Å². The molecule has 0 saturated heterocycles. The molecule has 2 aliphatic rings. The highest BCUT2D eigenvalue weighted by Crippen LogP contribution is 2.30. The van der Waals surface area contributed by atoms with Crippen molar-refractivity contribution >= 4 is 96.4 Å². The van der Waals surface area contributed by atoms with Gasteiger partial charge < -0.3 is 35.1 Å². The van der Waals surface area contributed by atoms with E-state index >= 15 is 0 Å². The molecule has 0 radical (unpaired) electrons. The largest absolute Gasteiger partial charge is 0.497 e. The molecule has 0 saturated carbocycles. The van der Waals surface area contributed by atoms with Crippen LogP contribution < -0.4 is 31.8 Å². The van der Waals surface area contributed by atoms with Gasteiger partial charge in [0.15, 0.2) is 5.65 Å². The van der Waals surface area contributed by atoms with Crippen LogP contribution in [0.2, 0.25) is 10.0 Å². The summed E-state index contributed by atoms with van der Waals surface area (Å²) < 4.78 is 18.8. The van der Waals surface area contributed by atoms with Crippen molar-refractivity contribution in [2.75, 3.05) is 33.0 Å². The van der Waals surface area contributed by atoms with E-state index in [4.69, 9.17) is 53.6 Å². The van der Waals surface area contributed by atoms with Gasteiger partial charge in [-0.3, -0.25) is 28.3 Å². The molecule has 0 unspecified atom stereocenters. The molecular weight excluding hydrogens is 1200 g/mol. The van der Waals surface area contributed by atoms with E-state index in [1.165, 1.54) is 6.20 Å². The molecule has 4 aromatic heterocycles. The van der Waals surface area contributed by atoms with Gasteiger partial charge in [-0.1, -0.05) is 83.9 Å². The molecule has 0 fully saturated rings. The number of methoxy groups -OCH3 is 2. The molecule has 22 heteroatoms. The molecule has 2 amide bonds. The molecule has 81 heavy (non-hydrogen) atoms. The third-order valence-corrected chi connectivity index (χ3v) is 16.5. The Balaban J connectivity index is 0.000000159. The van der Waals surface area contributed by atoms with Gasteiger partial charge in [0.1, 0.15) is 17.1 Å². The maximum absolute atomic E-state index is 14.1. The van der Waals surface area contributed by atoms with Gasteiger partial charge in [-0.25, -0.2) is 9.03 Å². The molecule has 4 N–H and O–H groups in total. The highest BCUT2D eigenvalue weighted by molar-refractivity contribution is 9.10. The molecule has 10 aromatic rings. The van der Waals surface area contributed by atoms with Crippen LogP contribution in [0, 0.1) is 0 Å². The van der Waals surface area contributed by atoms with Crippen molar-refractivity contribution in [2.45, 2.75) is 32.4 Å². The van der Waals surface area contributed by atoms with Gasteiger partial charge in [0.25, 0.3) is 22.9 Å². The van der Waals surface area contributed by atoms with Gasteiger partial charge in [0.05, 0.1) is 78.2 Å². The van der Waals surface area contributed by atoms with Crippen molar-refractivity contribution in [2.24, 2.45) is 0 Å². The first kappa shape index (κ1) is 56.3. The third kappa shape index (κ3) is 11.7. The fraction of sp³-hybridized carbons (Fsp3) is 0.153. The minimum atomic E-state index is -1.34. The van der Waals surface area contributed by atoms with Crippen LogP contribution in [0.4, 0.5) is 5.69 Å². The second-order valence-corrected chi connectivity index (χ2v) is 21.4. The number of benzene rings is 6. The molecule has 17 nitrogen and oxygen atoms in total. The first-order valence-electron chi connectivity index (χ1n) is 25.4. The maximum atomic E-state index is 14.1. The monoisotopic (exact) mass is 1250 g/mol. The van der Waals surface area contributed by atoms with Crippen molar-refractivity contribution in [1.29, 1.82) is 0 Å². The summed E-state index contributed by atoms with van der Waals surface area (Å²) >= 11 is 19.2. The molecular formula is C59H50BBr2Cl2N9O8. The third-order valence-electron chi connectivity index (χ3n) is 14.0. The Labute approximate surface area is 491 Å². The lowest BCUT2D eigenvalue weighted by Crippen LogP contribution is -2.41. The van der Waals surface area contributed by atoms with Gasteiger partial charge in [-0.2, -0.15) is 10.2 Å². The SMILES string of the molecule is COc1ccc(-n2c(=O)c3c(n4ncc(Cc5ccccc5)c24)CN(C(=O)c2ccc(Br)c(Cl)c2)CC3)cc1.COc1ccc(-n2c(=O)c3c(n4ncc(N)c24)CN(C(=O)c2ccc(Br)c(Cl)c2)CC3)cc1.OB(O)c1ccccc1. The van der Waals surface area contributed by atoms with Crippen LogP contribution in [0.5, 0.6) is 11.5 Å². The van der Waals surface area contributed by atoms with Crippen LogP contribution in [0.3, 0.4) is 0 Å². The lowest BCUT2D eigenvalue weighted by Gasteiger charge is -2.30. The first-order valence-corrected chi connectivity index (χ1v) is 27.7. The number of rotatable bonds is 9. The van der Waals surface area contributed by atoms with Crippen molar-refractivity contribution in [3.63, 3.8) is 0 Å². The number of halogens is 4. The van der Waals surface area contributed by atoms with Gasteiger partial charge in [0, 0.05) is 56.3 Å². The number of hydrogen-bond donors (Lipinski definition) is 3. The summed E-state index contributed by atoms with van der Waals surface area (Å²) in [5, 5.41) is 27.3. The Bertz CT molecular complexity index is 4110. The van der Waals surface area contributed by atoms with Crippen LogP contribution in [0.1, 0.15) is 54.4 Å². The Kier molecular flexibility index (Phi) is 17.0. The predicted molar refractivity (Wildman–Crippen MR) is 320 cm³/mol. The number of nitrogen functional groups attached to an aromatic ring is 1. The lowest BCUT2D eigenvalue weighted by atomic mass is 9.81.